The van der Waals surface area contributed by atoms with Gasteiger partial charge in [0.1, 0.15) is 17.5 Å². The molecule has 0 N–H and O–H groups in total. The first-order valence-corrected chi connectivity index (χ1v) is 15.2. The minimum absolute atomic E-state index is 0.112. The number of aromatic nitrogens is 1. The summed E-state index contributed by atoms with van der Waals surface area (Å²) < 4.78 is 94.2. The summed E-state index contributed by atoms with van der Waals surface area (Å²) in [6, 6.07) is 32.1. The van der Waals surface area contributed by atoms with E-state index in [1.54, 1.807) is 12.1 Å². The molecule has 1 aliphatic heterocycles. The van der Waals surface area contributed by atoms with E-state index in [-0.39, 0.29) is 11.3 Å². The normalized spacial score (nSPS) is 13.3. The van der Waals surface area contributed by atoms with Crippen LogP contribution in [0.3, 0.4) is 0 Å². The zero-order chi connectivity index (χ0) is 36.7. The van der Waals surface area contributed by atoms with Crippen molar-refractivity contribution in [1.82, 2.24) is 4.57 Å². The number of nitrogens with zero attached hydrogens (tertiary/aromatic N) is 2. The molecule has 48 heavy (non-hydrogen) atoms. The highest BCUT2D eigenvalue weighted by molar-refractivity contribution is 6.12. The second-order valence-electron chi connectivity index (χ2n) is 11.4. The molecule has 7 aromatic carbocycles. The highest BCUT2D eigenvalue weighted by Crippen LogP contribution is 2.48. The van der Waals surface area contributed by atoms with E-state index in [9.17, 15) is 13.2 Å². The minimum atomic E-state index is -1.07. The second kappa shape index (κ2) is 10.9. The summed E-state index contributed by atoms with van der Waals surface area (Å²) in [6.45, 7) is 0. The van der Waals surface area contributed by atoms with Gasteiger partial charge in [0, 0.05) is 45.5 Å². The van der Waals surface area contributed by atoms with Gasteiger partial charge < -0.3 is 14.2 Å². The van der Waals surface area contributed by atoms with Crippen LogP contribution >= 0.6 is 0 Å². The summed E-state index contributed by atoms with van der Waals surface area (Å²) in [4.78, 5) is 1.51. The van der Waals surface area contributed by atoms with Crippen LogP contribution in [0.15, 0.2) is 152 Å². The summed E-state index contributed by atoms with van der Waals surface area (Å²) in [5.41, 5.74) is 4.98. The molecular weight excluding hydrogens is 605 g/mol. The van der Waals surface area contributed by atoms with Gasteiger partial charge in [0.2, 0.25) is 0 Å². The molecule has 0 unspecified atom stereocenters. The molecule has 0 saturated heterocycles. The Morgan fingerprint density at radius 3 is 1.94 bits per heavy atom. The van der Waals surface area contributed by atoms with Crippen LogP contribution in [-0.2, 0) is 0 Å². The number of hydrogen-bond acceptors (Lipinski definition) is 2. The van der Waals surface area contributed by atoms with Crippen LogP contribution in [0.4, 0.5) is 30.2 Å². The van der Waals surface area contributed by atoms with Gasteiger partial charge >= 0.3 is 0 Å². The molecule has 1 aromatic heterocycles. The van der Waals surface area contributed by atoms with Gasteiger partial charge in [-0.2, -0.15) is 0 Å². The van der Waals surface area contributed by atoms with E-state index in [1.807, 2.05) is 54.6 Å². The van der Waals surface area contributed by atoms with Crippen LogP contribution in [0, 0.1) is 17.5 Å². The van der Waals surface area contributed by atoms with Gasteiger partial charge in [-0.1, -0.05) is 84.9 Å². The predicted molar refractivity (Wildman–Crippen MR) is 186 cm³/mol. The first-order chi connectivity index (χ1) is 25.6. The lowest BCUT2D eigenvalue weighted by molar-refractivity contribution is 0.477. The lowest BCUT2D eigenvalue weighted by Gasteiger charge is -2.26. The summed E-state index contributed by atoms with van der Waals surface area (Å²) >= 11 is 0. The van der Waals surface area contributed by atoms with Gasteiger partial charge in [0.05, 0.1) is 29.1 Å². The van der Waals surface area contributed by atoms with Gasteiger partial charge in [-0.3, -0.25) is 0 Å². The van der Waals surface area contributed by atoms with Crippen LogP contribution < -0.4 is 9.64 Å². The molecular formula is C42H25F3N2O. The predicted octanol–water partition coefficient (Wildman–Crippen LogP) is 12.1. The highest BCUT2D eigenvalue weighted by atomic mass is 19.1. The van der Waals surface area contributed by atoms with E-state index < -0.39 is 53.2 Å². The maximum atomic E-state index is 14.7. The first kappa shape index (κ1) is 23.1. The Morgan fingerprint density at radius 2 is 1.21 bits per heavy atom. The van der Waals surface area contributed by atoms with E-state index >= 15 is 0 Å². The zero-order valence-electron chi connectivity index (χ0n) is 30.0. The smallest absolute Gasteiger partial charge is 0.152 e. The Bertz CT molecular complexity index is 2750. The maximum absolute atomic E-state index is 14.7. The van der Waals surface area contributed by atoms with E-state index in [0.717, 1.165) is 44.4 Å². The van der Waals surface area contributed by atoms with Crippen molar-refractivity contribution in [3.05, 3.63) is 169 Å². The van der Waals surface area contributed by atoms with E-state index in [4.69, 9.17) is 11.6 Å². The number of halogens is 3. The fourth-order valence-electron chi connectivity index (χ4n) is 6.64. The SMILES string of the molecule is [2H]c1c([2H])c([2H])c(N(c2ccc(-c3cccc4c3-n3c5ccccc5c5cccc(c53)O4)cc2)c2ccc(-c3c(F)cc(F)cc3F)cc2)c([2H])c1[2H]. The molecule has 2 heterocycles. The Morgan fingerprint density at radius 1 is 0.583 bits per heavy atom. The van der Waals surface area contributed by atoms with Crippen molar-refractivity contribution in [2.75, 3.05) is 4.90 Å². The molecule has 1 aliphatic rings. The Kier molecular flexibility index (Phi) is 5.26. The molecule has 6 heteroatoms. The molecule has 0 bridgehead atoms. The van der Waals surface area contributed by atoms with Crippen LogP contribution in [-0.4, -0.2) is 4.57 Å². The van der Waals surface area contributed by atoms with Gasteiger partial charge in [0.25, 0.3) is 0 Å². The zero-order valence-corrected chi connectivity index (χ0v) is 25.0. The fourth-order valence-corrected chi connectivity index (χ4v) is 6.64. The van der Waals surface area contributed by atoms with E-state index in [0.29, 0.717) is 29.3 Å². The summed E-state index contributed by atoms with van der Waals surface area (Å²) in [5, 5.41) is 2.16. The second-order valence-corrected chi connectivity index (χ2v) is 11.4. The molecule has 0 aliphatic carbocycles. The van der Waals surface area contributed by atoms with Crippen molar-refractivity contribution < 1.29 is 24.8 Å². The summed E-state index contributed by atoms with van der Waals surface area (Å²) in [7, 11) is 0. The van der Waals surface area contributed by atoms with Crippen molar-refractivity contribution >= 4 is 38.9 Å². The van der Waals surface area contributed by atoms with Crippen molar-refractivity contribution in [2.45, 2.75) is 0 Å². The largest absolute Gasteiger partial charge is 0.453 e. The maximum Gasteiger partial charge on any atom is 0.152 e. The van der Waals surface area contributed by atoms with E-state index in [2.05, 4.69) is 22.8 Å². The van der Waals surface area contributed by atoms with E-state index in [1.165, 1.54) is 29.2 Å². The lowest BCUT2D eigenvalue weighted by atomic mass is 10.0. The first-order valence-electron chi connectivity index (χ1n) is 17.7. The number of hydrogen-bond donors (Lipinski definition) is 0. The molecule has 0 amide bonds. The number of rotatable bonds is 5. The van der Waals surface area contributed by atoms with Crippen LogP contribution in [0.25, 0.3) is 49.7 Å². The summed E-state index contributed by atoms with van der Waals surface area (Å²) in [5.74, 6) is -1.75. The Labute approximate surface area is 281 Å². The van der Waals surface area contributed by atoms with Crippen molar-refractivity contribution in [1.29, 1.82) is 0 Å². The molecule has 230 valence electrons. The molecule has 0 atom stereocenters. The molecule has 0 saturated carbocycles. The van der Waals surface area contributed by atoms with Crippen molar-refractivity contribution in [3.63, 3.8) is 0 Å². The average Bonchev–Trinajstić information content (AvgIpc) is 3.50. The molecule has 3 nitrogen and oxygen atoms in total. The average molecular weight is 636 g/mol. The quantitative estimate of drug-likeness (QED) is 0.187. The minimum Gasteiger partial charge on any atom is -0.453 e. The van der Waals surface area contributed by atoms with Gasteiger partial charge in [0.15, 0.2) is 11.5 Å². The topological polar surface area (TPSA) is 17.4 Å². The molecule has 0 radical (unpaired) electrons. The van der Waals surface area contributed by atoms with Crippen LogP contribution in [0.1, 0.15) is 6.85 Å². The third-order valence-corrected chi connectivity index (χ3v) is 8.67. The Balaban J connectivity index is 1.20. The molecule has 9 rings (SSSR count). The number of benzene rings is 7. The number of para-hydroxylation sites is 4. The fraction of sp³-hybridized carbons (Fsp3) is 0. The van der Waals surface area contributed by atoms with Crippen LogP contribution in [0.2, 0.25) is 0 Å². The van der Waals surface area contributed by atoms with Gasteiger partial charge in [-0.05, 0) is 65.7 Å². The number of anilines is 3. The molecule has 0 spiro atoms. The standard InChI is InChI=1S/C42H25F3N2O/c43-28-24-35(44)40(36(45)25-28)27-18-22-31(23-19-27)46(29-8-2-1-3-9-29)30-20-16-26(17-21-30)32-11-6-14-38-41(32)47-37-13-5-4-10-33(37)34-12-7-15-39(48-38)42(34)47/h1-25H/i1D,2D,3D,8D,9D. The van der Waals surface area contributed by atoms with Gasteiger partial charge in [-0.25, -0.2) is 13.2 Å². The molecule has 0 fully saturated rings. The van der Waals surface area contributed by atoms with Gasteiger partial charge in [-0.15, -0.1) is 0 Å². The number of ether oxygens (including phenoxy) is 1. The monoisotopic (exact) mass is 635 g/mol. The van der Waals surface area contributed by atoms with Crippen molar-refractivity contribution in [3.8, 4) is 39.4 Å². The highest BCUT2D eigenvalue weighted by Gasteiger charge is 2.26. The molecule has 8 aromatic rings. The third kappa shape index (κ3) is 4.37. The number of fused-ring (bicyclic) bond motifs is 5. The lowest BCUT2D eigenvalue weighted by Crippen LogP contribution is -2.10. The summed E-state index contributed by atoms with van der Waals surface area (Å²) in [6.07, 6.45) is 0. The third-order valence-electron chi connectivity index (χ3n) is 8.67. The van der Waals surface area contributed by atoms with Crippen LogP contribution in [0.5, 0.6) is 11.5 Å². The Hall–Kier alpha value is -6.27. The van der Waals surface area contributed by atoms with Crippen molar-refractivity contribution in [2.24, 2.45) is 0 Å².